The number of benzene rings is 1. The van der Waals surface area contributed by atoms with Crippen LogP contribution in [0.15, 0.2) is 23.0 Å². The van der Waals surface area contributed by atoms with Gasteiger partial charge >= 0.3 is 0 Å². The first kappa shape index (κ1) is 15.6. The molecule has 110 valence electrons. The number of anilines is 1. The molecule has 6 nitrogen and oxygen atoms in total. The van der Waals surface area contributed by atoms with E-state index in [0.29, 0.717) is 33.5 Å². The number of hydrogen-bond donors (Lipinski definition) is 3. The van der Waals surface area contributed by atoms with E-state index < -0.39 is 0 Å². The number of aromatic amines is 2. The topological polar surface area (TPSA) is 100 Å². The molecule has 2 aromatic heterocycles. The molecule has 2 heterocycles. The lowest BCUT2D eigenvalue weighted by Gasteiger charge is -2.00. The van der Waals surface area contributed by atoms with Gasteiger partial charge in [-0.25, -0.2) is 4.98 Å². The summed E-state index contributed by atoms with van der Waals surface area (Å²) in [7, 11) is 0. The maximum Gasteiger partial charge on any atom is 0.278 e. The lowest BCUT2D eigenvalue weighted by molar-refractivity contribution is 1.03. The number of nitrogens with one attached hydrogen (secondary N) is 2. The molecule has 0 bridgehead atoms. The summed E-state index contributed by atoms with van der Waals surface area (Å²) in [5.41, 5.74) is 6.64. The second kappa shape index (κ2) is 5.93. The molecule has 0 saturated heterocycles. The van der Waals surface area contributed by atoms with Crippen LogP contribution >= 0.6 is 35.6 Å². The molecule has 0 spiro atoms. The molecule has 0 atom stereocenters. The molecule has 0 amide bonds. The molecule has 1 aromatic carbocycles. The zero-order valence-corrected chi connectivity index (χ0v) is 12.8. The quantitative estimate of drug-likeness (QED) is 0.664. The smallest absolute Gasteiger partial charge is 0.278 e. The van der Waals surface area contributed by atoms with Gasteiger partial charge in [0.15, 0.2) is 11.2 Å². The van der Waals surface area contributed by atoms with Crippen molar-refractivity contribution in [2.24, 2.45) is 0 Å². The van der Waals surface area contributed by atoms with E-state index in [2.05, 4.69) is 19.9 Å². The van der Waals surface area contributed by atoms with Crippen LogP contribution in [-0.4, -0.2) is 19.9 Å². The van der Waals surface area contributed by atoms with E-state index >= 15 is 0 Å². The molecule has 4 N–H and O–H groups in total. The summed E-state index contributed by atoms with van der Waals surface area (Å²) >= 11 is 11.8. The Morgan fingerprint density at radius 1 is 1.14 bits per heavy atom. The van der Waals surface area contributed by atoms with Crippen molar-refractivity contribution in [3.63, 3.8) is 0 Å². The summed E-state index contributed by atoms with van der Waals surface area (Å²) in [6, 6.07) is 5.31. The lowest BCUT2D eigenvalue weighted by atomic mass is 10.1. The van der Waals surface area contributed by atoms with Crippen molar-refractivity contribution in [1.82, 2.24) is 19.9 Å². The molecule has 0 saturated carbocycles. The average Bonchev–Trinajstić information content (AvgIpc) is 2.76. The molecule has 0 aliphatic heterocycles. The Labute approximate surface area is 135 Å². The third kappa shape index (κ3) is 3.12. The number of halogens is 3. The second-order valence-corrected chi connectivity index (χ2v) is 5.07. The molecule has 3 aromatic rings. The van der Waals surface area contributed by atoms with Gasteiger partial charge in [0.25, 0.3) is 5.56 Å². The van der Waals surface area contributed by atoms with Crippen molar-refractivity contribution >= 4 is 52.7 Å². The van der Waals surface area contributed by atoms with Gasteiger partial charge < -0.3 is 10.7 Å². The van der Waals surface area contributed by atoms with E-state index in [1.165, 1.54) is 0 Å². The molecule has 0 aliphatic rings. The van der Waals surface area contributed by atoms with Crippen LogP contribution in [0.2, 0.25) is 10.0 Å². The number of aromatic nitrogens is 4. The minimum absolute atomic E-state index is 0. The highest BCUT2D eigenvalue weighted by Crippen LogP contribution is 2.23. The molecule has 21 heavy (non-hydrogen) atoms. The van der Waals surface area contributed by atoms with Crippen LogP contribution in [-0.2, 0) is 6.42 Å². The highest BCUT2D eigenvalue weighted by Gasteiger charge is 2.09. The number of rotatable bonds is 2. The van der Waals surface area contributed by atoms with Crippen molar-refractivity contribution in [3.8, 4) is 0 Å². The first-order valence-electron chi connectivity index (χ1n) is 5.71. The van der Waals surface area contributed by atoms with Crippen LogP contribution in [0.5, 0.6) is 0 Å². The van der Waals surface area contributed by atoms with Gasteiger partial charge in [-0.3, -0.25) is 9.78 Å². The first-order valence-corrected chi connectivity index (χ1v) is 6.47. The fourth-order valence-corrected chi connectivity index (χ4v) is 2.22. The third-order valence-electron chi connectivity index (χ3n) is 2.78. The van der Waals surface area contributed by atoms with Gasteiger partial charge in [-0.05, 0) is 17.7 Å². The Morgan fingerprint density at radius 2 is 1.90 bits per heavy atom. The minimum atomic E-state index is -0.347. The molecule has 0 aliphatic carbocycles. The zero-order valence-electron chi connectivity index (χ0n) is 10.5. The Morgan fingerprint density at radius 3 is 2.62 bits per heavy atom. The number of nitrogens with zero attached hydrogens (tertiary/aromatic N) is 2. The van der Waals surface area contributed by atoms with E-state index in [4.69, 9.17) is 28.9 Å². The monoisotopic (exact) mass is 345 g/mol. The molecule has 3 rings (SSSR count). The SMILES string of the molecule is Cl.Nc1nc2nc(Cc3ccc(Cl)c(Cl)c3)[nH]c2c(=O)[nH]1. The third-order valence-corrected chi connectivity index (χ3v) is 3.52. The maximum atomic E-state index is 11.7. The van der Waals surface area contributed by atoms with Crippen molar-refractivity contribution in [2.45, 2.75) is 6.42 Å². The fourth-order valence-electron chi connectivity index (χ4n) is 1.90. The lowest BCUT2D eigenvalue weighted by Crippen LogP contribution is -2.10. The van der Waals surface area contributed by atoms with Crippen LogP contribution in [0.3, 0.4) is 0 Å². The van der Waals surface area contributed by atoms with Gasteiger partial charge in [-0.2, -0.15) is 4.98 Å². The average molecular weight is 347 g/mol. The van der Waals surface area contributed by atoms with E-state index in [-0.39, 0.29) is 23.9 Å². The number of nitrogens with two attached hydrogens (primary N) is 1. The summed E-state index contributed by atoms with van der Waals surface area (Å²) in [5, 5.41) is 0.964. The predicted octanol–water partition coefficient (Wildman–Crippen LogP) is 2.55. The van der Waals surface area contributed by atoms with Crippen LogP contribution in [0.4, 0.5) is 5.95 Å². The summed E-state index contributed by atoms with van der Waals surface area (Å²) in [6.45, 7) is 0. The number of fused-ring (bicyclic) bond motifs is 1. The molecule has 0 radical (unpaired) electrons. The molecular weight excluding hydrogens is 337 g/mol. The van der Waals surface area contributed by atoms with Crippen LogP contribution < -0.4 is 11.3 Å². The second-order valence-electron chi connectivity index (χ2n) is 4.26. The van der Waals surface area contributed by atoms with Crippen LogP contribution in [0.25, 0.3) is 11.2 Å². The van der Waals surface area contributed by atoms with Crippen molar-refractivity contribution in [1.29, 1.82) is 0 Å². The van der Waals surface area contributed by atoms with Crippen molar-refractivity contribution < 1.29 is 0 Å². The number of hydrogen-bond acceptors (Lipinski definition) is 4. The molecule has 9 heteroatoms. The van der Waals surface area contributed by atoms with Crippen molar-refractivity contribution in [2.75, 3.05) is 5.73 Å². The van der Waals surface area contributed by atoms with E-state index in [1.54, 1.807) is 12.1 Å². The Hall–Kier alpha value is -1.76. The summed E-state index contributed by atoms with van der Waals surface area (Å²) in [5.74, 6) is 0.636. The van der Waals surface area contributed by atoms with Gasteiger partial charge in [0.1, 0.15) is 5.82 Å². The van der Waals surface area contributed by atoms with Crippen LogP contribution in [0.1, 0.15) is 11.4 Å². The summed E-state index contributed by atoms with van der Waals surface area (Å²) < 4.78 is 0. The molecule has 0 unspecified atom stereocenters. The van der Waals surface area contributed by atoms with E-state index in [0.717, 1.165) is 5.56 Å². The van der Waals surface area contributed by atoms with Gasteiger partial charge in [0.05, 0.1) is 10.0 Å². The number of imidazole rings is 1. The zero-order chi connectivity index (χ0) is 14.3. The largest absolute Gasteiger partial charge is 0.369 e. The Bertz CT molecular complexity index is 858. The summed E-state index contributed by atoms with van der Waals surface area (Å²) in [4.78, 5) is 25.2. The standard InChI is InChI=1S/C12H9Cl2N5O.ClH/c13-6-2-1-5(3-7(6)14)4-8-16-9-10(17-8)18-12(15)19-11(9)20;/h1-3H,4H2,(H4,15,16,17,18,19,20);1H. The first-order chi connectivity index (χ1) is 9.52. The van der Waals surface area contributed by atoms with Gasteiger partial charge in [0, 0.05) is 6.42 Å². The molecular formula is C12H10Cl3N5O. The number of H-pyrrole nitrogens is 2. The maximum absolute atomic E-state index is 11.7. The van der Waals surface area contributed by atoms with Gasteiger partial charge in [-0.1, -0.05) is 29.3 Å². The minimum Gasteiger partial charge on any atom is -0.369 e. The highest BCUT2D eigenvalue weighted by molar-refractivity contribution is 6.42. The van der Waals surface area contributed by atoms with E-state index in [9.17, 15) is 4.79 Å². The Balaban J connectivity index is 0.00000161. The molecule has 0 fully saturated rings. The van der Waals surface area contributed by atoms with Gasteiger partial charge in [-0.15, -0.1) is 12.4 Å². The van der Waals surface area contributed by atoms with Crippen molar-refractivity contribution in [3.05, 3.63) is 50.0 Å². The highest BCUT2D eigenvalue weighted by atomic mass is 35.5. The predicted molar refractivity (Wildman–Crippen MR) is 85.4 cm³/mol. The Kier molecular flexibility index (Phi) is 4.41. The fraction of sp³-hybridized carbons (Fsp3) is 0.0833. The number of nitrogen functional groups attached to an aromatic ring is 1. The van der Waals surface area contributed by atoms with Crippen LogP contribution in [0, 0.1) is 0 Å². The van der Waals surface area contributed by atoms with Gasteiger partial charge in [0.2, 0.25) is 5.95 Å². The normalized spacial score (nSPS) is 10.6. The summed E-state index contributed by atoms with van der Waals surface area (Å²) in [6.07, 6.45) is 0.479. The van der Waals surface area contributed by atoms with E-state index in [1.807, 2.05) is 6.07 Å².